The number of nitrogens with one attached hydrogen (secondary N) is 1. The zero-order valence-electron chi connectivity index (χ0n) is 16.7. The van der Waals surface area contributed by atoms with Crippen molar-refractivity contribution in [2.24, 2.45) is 0 Å². The standard InChI is InChI=1S/C25H24N2O2S/c28-24(18-30-23-14-10-21(11-15-23)20-5-2-1-3-6-20)26-17-19-8-12-22(13-9-19)27-16-4-7-25(27)29/h1-3,5-6,8-15H,4,7,16-18H2,(H,26,28). The van der Waals surface area contributed by atoms with Gasteiger partial charge in [0.1, 0.15) is 0 Å². The van der Waals surface area contributed by atoms with Crippen LogP contribution in [0, 0.1) is 0 Å². The quantitative estimate of drug-likeness (QED) is 0.558. The first-order valence-corrected chi connectivity index (χ1v) is 11.1. The Kier molecular flexibility index (Phi) is 6.50. The summed E-state index contributed by atoms with van der Waals surface area (Å²) < 4.78 is 0. The lowest BCUT2D eigenvalue weighted by Gasteiger charge is -2.16. The first kappa shape index (κ1) is 20.2. The first-order chi connectivity index (χ1) is 14.7. The van der Waals surface area contributed by atoms with Crippen molar-refractivity contribution in [2.45, 2.75) is 24.3 Å². The Balaban J connectivity index is 1.23. The second-order valence-electron chi connectivity index (χ2n) is 7.27. The molecule has 0 bridgehead atoms. The molecule has 1 fully saturated rings. The molecule has 1 aliphatic rings. The van der Waals surface area contributed by atoms with E-state index >= 15 is 0 Å². The highest BCUT2D eigenvalue weighted by atomic mass is 32.2. The van der Waals surface area contributed by atoms with E-state index in [9.17, 15) is 9.59 Å². The molecule has 0 aromatic heterocycles. The van der Waals surface area contributed by atoms with Gasteiger partial charge in [0.05, 0.1) is 5.75 Å². The first-order valence-electron chi connectivity index (χ1n) is 10.1. The van der Waals surface area contributed by atoms with Gasteiger partial charge in [-0.05, 0) is 47.4 Å². The molecule has 2 amide bonds. The van der Waals surface area contributed by atoms with Gasteiger partial charge in [0.2, 0.25) is 11.8 Å². The Morgan fingerprint density at radius 1 is 0.900 bits per heavy atom. The van der Waals surface area contributed by atoms with Crippen LogP contribution in [0.3, 0.4) is 0 Å². The smallest absolute Gasteiger partial charge is 0.230 e. The molecule has 1 heterocycles. The molecule has 1 aliphatic heterocycles. The predicted octanol–water partition coefficient (Wildman–Crippen LogP) is 4.89. The van der Waals surface area contributed by atoms with Crippen molar-refractivity contribution in [3.05, 3.63) is 84.4 Å². The Morgan fingerprint density at radius 3 is 2.27 bits per heavy atom. The van der Waals surface area contributed by atoms with Crippen LogP contribution in [-0.2, 0) is 16.1 Å². The number of carbonyl (C=O) groups excluding carboxylic acids is 2. The Hall–Kier alpha value is -3.05. The lowest BCUT2D eigenvalue weighted by atomic mass is 10.1. The normalized spacial score (nSPS) is 13.5. The fourth-order valence-electron chi connectivity index (χ4n) is 3.49. The predicted molar refractivity (Wildman–Crippen MR) is 122 cm³/mol. The molecule has 0 spiro atoms. The van der Waals surface area contributed by atoms with E-state index in [4.69, 9.17) is 0 Å². The van der Waals surface area contributed by atoms with Crippen molar-refractivity contribution in [1.82, 2.24) is 5.32 Å². The van der Waals surface area contributed by atoms with Crippen LogP contribution >= 0.6 is 11.8 Å². The van der Waals surface area contributed by atoms with Crippen molar-refractivity contribution < 1.29 is 9.59 Å². The maximum atomic E-state index is 12.2. The van der Waals surface area contributed by atoms with Crippen molar-refractivity contribution in [3.63, 3.8) is 0 Å². The lowest BCUT2D eigenvalue weighted by Crippen LogP contribution is -2.25. The minimum Gasteiger partial charge on any atom is -0.351 e. The van der Waals surface area contributed by atoms with E-state index in [1.54, 1.807) is 0 Å². The third kappa shape index (κ3) is 5.10. The topological polar surface area (TPSA) is 49.4 Å². The van der Waals surface area contributed by atoms with Gasteiger partial charge in [-0.25, -0.2) is 0 Å². The zero-order valence-corrected chi connectivity index (χ0v) is 17.5. The summed E-state index contributed by atoms with van der Waals surface area (Å²) in [5.41, 5.74) is 4.31. The summed E-state index contributed by atoms with van der Waals surface area (Å²) in [5, 5.41) is 2.96. The molecule has 152 valence electrons. The summed E-state index contributed by atoms with van der Waals surface area (Å²) in [5.74, 6) is 0.571. The van der Waals surface area contributed by atoms with Gasteiger partial charge in [-0.2, -0.15) is 0 Å². The van der Waals surface area contributed by atoms with Gasteiger partial charge in [-0.15, -0.1) is 11.8 Å². The van der Waals surface area contributed by atoms with Crippen LogP contribution in [0.1, 0.15) is 18.4 Å². The Morgan fingerprint density at radius 2 is 1.60 bits per heavy atom. The summed E-state index contributed by atoms with van der Waals surface area (Å²) in [4.78, 5) is 26.9. The van der Waals surface area contributed by atoms with E-state index < -0.39 is 0 Å². The molecule has 4 nitrogen and oxygen atoms in total. The van der Waals surface area contributed by atoms with Crippen LogP contribution < -0.4 is 10.2 Å². The van der Waals surface area contributed by atoms with Gasteiger partial charge in [0, 0.05) is 30.1 Å². The number of thioether (sulfide) groups is 1. The maximum absolute atomic E-state index is 12.2. The molecule has 0 atom stereocenters. The second kappa shape index (κ2) is 9.63. The summed E-state index contributed by atoms with van der Waals surface area (Å²) in [6, 6.07) is 26.4. The minimum atomic E-state index is 0.00549. The van der Waals surface area contributed by atoms with E-state index in [1.807, 2.05) is 47.4 Å². The number of benzene rings is 3. The largest absolute Gasteiger partial charge is 0.351 e. The van der Waals surface area contributed by atoms with Crippen LogP contribution in [-0.4, -0.2) is 24.1 Å². The minimum absolute atomic E-state index is 0.00549. The van der Waals surface area contributed by atoms with E-state index in [-0.39, 0.29) is 11.8 Å². The third-order valence-corrected chi connectivity index (χ3v) is 6.15. The molecule has 1 saturated heterocycles. The number of rotatable bonds is 7. The molecule has 1 N–H and O–H groups in total. The highest BCUT2D eigenvalue weighted by Crippen LogP contribution is 2.24. The SMILES string of the molecule is O=C(CSc1ccc(-c2ccccc2)cc1)NCc1ccc(N2CCCC2=O)cc1. The molecule has 5 heteroatoms. The summed E-state index contributed by atoms with van der Waals surface area (Å²) >= 11 is 1.53. The van der Waals surface area contributed by atoms with Gasteiger partial charge in [0.15, 0.2) is 0 Å². The average Bonchev–Trinajstić information content (AvgIpc) is 3.23. The highest BCUT2D eigenvalue weighted by molar-refractivity contribution is 8.00. The molecular formula is C25H24N2O2S. The lowest BCUT2D eigenvalue weighted by molar-refractivity contribution is -0.119. The zero-order chi connectivity index (χ0) is 20.8. The molecule has 0 unspecified atom stereocenters. The van der Waals surface area contributed by atoms with Crippen LogP contribution in [0.2, 0.25) is 0 Å². The molecule has 0 saturated carbocycles. The van der Waals surface area contributed by atoms with Gasteiger partial charge in [-0.1, -0.05) is 54.6 Å². The molecule has 4 rings (SSSR count). The molecule has 0 radical (unpaired) electrons. The summed E-state index contributed by atoms with van der Waals surface area (Å²) in [6.07, 6.45) is 1.55. The van der Waals surface area contributed by atoms with Gasteiger partial charge in [0.25, 0.3) is 0 Å². The molecule has 3 aromatic carbocycles. The highest BCUT2D eigenvalue weighted by Gasteiger charge is 2.21. The van der Waals surface area contributed by atoms with Crippen molar-refractivity contribution in [3.8, 4) is 11.1 Å². The third-order valence-electron chi connectivity index (χ3n) is 5.14. The fraction of sp³-hybridized carbons (Fsp3) is 0.200. The maximum Gasteiger partial charge on any atom is 0.230 e. The van der Waals surface area contributed by atoms with Gasteiger partial charge >= 0.3 is 0 Å². The van der Waals surface area contributed by atoms with Crippen molar-refractivity contribution >= 4 is 29.3 Å². The number of carbonyl (C=O) groups is 2. The van der Waals surface area contributed by atoms with E-state index in [1.165, 1.54) is 22.9 Å². The van der Waals surface area contributed by atoms with Crippen LogP contribution in [0.15, 0.2) is 83.8 Å². The fourth-order valence-corrected chi connectivity index (χ4v) is 4.22. The van der Waals surface area contributed by atoms with Gasteiger partial charge in [-0.3, -0.25) is 9.59 Å². The Bertz CT molecular complexity index is 1000. The molecule has 0 aliphatic carbocycles. The monoisotopic (exact) mass is 416 g/mol. The van der Waals surface area contributed by atoms with Crippen LogP contribution in [0.5, 0.6) is 0 Å². The second-order valence-corrected chi connectivity index (χ2v) is 8.32. The summed E-state index contributed by atoms with van der Waals surface area (Å²) in [7, 11) is 0. The van der Waals surface area contributed by atoms with Crippen molar-refractivity contribution in [1.29, 1.82) is 0 Å². The number of nitrogens with zero attached hydrogens (tertiary/aromatic N) is 1. The number of amides is 2. The number of hydrogen-bond donors (Lipinski definition) is 1. The molecule has 3 aromatic rings. The molecular weight excluding hydrogens is 392 g/mol. The molecule has 30 heavy (non-hydrogen) atoms. The Labute approximate surface area is 181 Å². The van der Waals surface area contributed by atoms with Gasteiger partial charge < -0.3 is 10.2 Å². The van der Waals surface area contributed by atoms with Crippen LogP contribution in [0.25, 0.3) is 11.1 Å². The van der Waals surface area contributed by atoms with E-state index in [0.717, 1.165) is 29.1 Å². The number of hydrogen-bond acceptors (Lipinski definition) is 3. The van der Waals surface area contributed by atoms with Crippen molar-refractivity contribution in [2.75, 3.05) is 17.2 Å². The summed E-state index contributed by atoms with van der Waals surface area (Å²) in [6.45, 7) is 1.28. The number of anilines is 1. The van der Waals surface area contributed by atoms with E-state index in [2.05, 4.69) is 41.7 Å². The average molecular weight is 417 g/mol. The van der Waals surface area contributed by atoms with Crippen LogP contribution in [0.4, 0.5) is 5.69 Å². The van der Waals surface area contributed by atoms with E-state index in [0.29, 0.717) is 18.7 Å².